The Bertz CT molecular complexity index is 378. The van der Waals surface area contributed by atoms with Gasteiger partial charge in [0.05, 0.1) is 0 Å². The zero-order valence-electron chi connectivity index (χ0n) is 10.4. The van der Waals surface area contributed by atoms with E-state index in [1.54, 1.807) is 0 Å². The van der Waals surface area contributed by atoms with E-state index in [4.69, 9.17) is 16.3 Å². The summed E-state index contributed by atoms with van der Waals surface area (Å²) >= 11 is 5.84. The van der Waals surface area contributed by atoms with Crippen molar-refractivity contribution in [3.63, 3.8) is 0 Å². The van der Waals surface area contributed by atoms with Crippen molar-refractivity contribution in [1.29, 1.82) is 0 Å². The first kappa shape index (κ1) is 12.7. The van der Waals surface area contributed by atoms with Crippen LogP contribution >= 0.6 is 11.6 Å². The molecule has 0 aromatic carbocycles. The highest BCUT2D eigenvalue weighted by Gasteiger charge is 2.19. The van der Waals surface area contributed by atoms with Crippen LogP contribution in [-0.2, 0) is 10.6 Å². The summed E-state index contributed by atoms with van der Waals surface area (Å²) in [6.45, 7) is 3.72. The van der Waals surface area contributed by atoms with Crippen LogP contribution < -0.4 is 4.90 Å². The smallest absolute Gasteiger partial charge is 0.128 e. The number of anilines is 1. The molecule has 0 aliphatic carbocycles. The molecule has 1 aromatic heterocycles. The molecule has 0 unspecified atom stereocenters. The Balaban J connectivity index is 2.12. The lowest BCUT2D eigenvalue weighted by Gasteiger charge is -2.32. The van der Waals surface area contributed by atoms with Gasteiger partial charge in [-0.3, -0.25) is 0 Å². The highest BCUT2D eigenvalue weighted by molar-refractivity contribution is 6.17. The number of nitrogens with zero attached hydrogens (tertiary/aromatic N) is 2. The molecule has 2 heterocycles. The van der Waals surface area contributed by atoms with Crippen molar-refractivity contribution >= 4 is 17.4 Å². The molecule has 0 saturated carbocycles. The van der Waals surface area contributed by atoms with E-state index in [2.05, 4.69) is 29.1 Å². The number of hydrogen-bond donors (Lipinski definition) is 0. The molecular formula is C13H19ClN2O. The summed E-state index contributed by atoms with van der Waals surface area (Å²) in [6, 6.07) is 4.67. The van der Waals surface area contributed by atoms with Crippen LogP contribution in [0.3, 0.4) is 0 Å². The third-order valence-electron chi connectivity index (χ3n) is 3.42. The Morgan fingerprint density at radius 1 is 1.41 bits per heavy atom. The maximum atomic E-state index is 5.84. The average molecular weight is 255 g/mol. The number of aryl methyl sites for hydroxylation is 1. The molecule has 0 spiro atoms. The third-order valence-corrected chi connectivity index (χ3v) is 3.71. The van der Waals surface area contributed by atoms with Gasteiger partial charge in [-0.2, -0.15) is 0 Å². The first-order valence-electron chi connectivity index (χ1n) is 6.05. The first-order chi connectivity index (χ1) is 8.22. The van der Waals surface area contributed by atoms with Gasteiger partial charge in [0.15, 0.2) is 0 Å². The molecule has 0 atom stereocenters. The predicted octanol–water partition coefficient (Wildman–Crippen LogP) is 2.74. The van der Waals surface area contributed by atoms with Crippen molar-refractivity contribution in [2.24, 2.45) is 0 Å². The van der Waals surface area contributed by atoms with Crippen LogP contribution in [0.5, 0.6) is 0 Å². The van der Waals surface area contributed by atoms with E-state index in [0.717, 1.165) is 43.1 Å². The van der Waals surface area contributed by atoms with E-state index in [1.807, 2.05) is 6.92 Å². The zero-order chi connectivity index (χ0) is 12.3. The Morgan fingerprint density at radius 2 is 2.12 bits per heavy atom. The molecule has 1 aromatic rings. The number of alkyl halides is 1. The maximum absolute atomic E-state index is 5.84. The molecule has 1 aliphatic rings. The molecule has 94 valence electrons. The highest BCUT2D eigenvalue weighted by atomic mass is 35.5. The van der Waals surface area contributed by atoms with Crippen LogP contribution in [0.1, 0.15) is 24.1 Å². The van der Waals surface area contributed by atoms with Gasteiger partial charge < -0.3 is 9.64 Å². The maximum Gasteiger partial charge on any atom is 0.128 e. The van der Waals surface area contributed by atoms with E-state index < -0.39 is 0 Å². The van der Waals surface area contributed by atoms with E-state index in [-0.39, 0.29) is 0 Å². The van der Waals surface area contributed by atoms with Crippen molar-refractivity contribution in [3.05, 3.63) is 23.4 Å². The van der Waals surface area contributed by atoms with Crippen LogP contribution in [-0.4, -0.2) is 31.3 Å². The second kappa shape index (κ2) is 5.69. The molecule has 0 bridgehead atoms. The summed E-state index contributed by atoms with van der Waals surface area (Å²) in [5.41, 5.74) is 2.13. The van der Waals surface area contributed by atoms with Crippen LogP contribution in [0.15, 0.2) is 12.1 Å². The number of pyridine rings is 1. The molecule has 1 saturated heterocycles. The monoisotopic (exact) mass is 254 g/mol. The topological polar surface area (TPSA) is 25.4 Å². The Morgan fingerprint density at radius 3 is 2.71 bits per heavy atom. The highest BCUT2D eigenvalue weighted by Crippen LogP contribution is 2.21. The molecule has 1 aliphatic heterocycles. The van der Waals surface area contributed by atoms with Crippen molar-refractivity contribution in [3.8, 4) is 0 Å². The Hall–Kier alpha value is -0.800. The molecule has 0 amide bonds. The van der Waals surface area contributed by atoms with Crippen LogP contribution in [0, 0.1) is 6.92 Å². The Labute approximate surface area is 108 Å². The summed E-state index contributed by atoms with van der Waals surface area (Å²) in [4.78, 5) is 6.88. The van der Waals surface area contributed by atoms with E-state index in [0.29, 0.717) is 11.9 Å². The fourth-order valence-corrected chi connectivity index (χ4v) is 2.46. The van der Waals surface area contributed by atoms with E-state index in [9.17, 15) is 0 Å². The second-order valence-corrected chi connectivity index (χ2v) is 4.77. The van der Waals surface area contributed by atoms with Crippen molar-refractivity contribution in [1.82, 2.24) is 4.98 Å². The van der Waals surface area contributed by atoms with Crippen molar-refractivity contribution < 1.29 is 4.74 Å². The number of rotatable bonds is 3. The summed E-state index contributed by atoms with van der Waals surface area (Å²) in [5.74, 6) is 1.56. The Kier molecular flexibility index (Phi) is 4.24. The summed E-state index contributed by atoms with van der Waals surface area (Å²) < 4.78 is 5.38. The second-order valence-electron chi connectivity index (χ2n) is 4.50. The number of aromatic nitrogens is 1. The lowest BCUT2D eigenvalue weighted by Crippen LogP contribution is -2.37. The lowest BCUT2D eigenvalue weighted by molar-refractivity contribution is 0.0853. The summed E-state index contributed by atoms with van der Waals surface area (Å²) in [6.07, 6.45) is 2.16. The van der Waals surface area contributed by atoms with Gasteiger partial charge in [-0.1, -0.05) is 6.07 Å². The molecule has 2 rings (SSSR count). The van der Waals surface area contributed by atoms with Crippen LogP contribution in [0.4, 0.5) is 5.82 Å². The number of ether oxygens (including phenoxy) is 1. The standard InChI is InChI=1S/C13H19ClN2O/c1-10-11(9-14)3-4-13(15-10)16(2)12-5-7-17-8-6-12/h3-4,12H,5-9H2,1-2H3. The quantitative estimate of drug-likeness (QED) is 0.776. The van der Waals surface area contributed by atoms with Crippen molar-refractivity contribution in [2.75, 3.05) is 25.2 Å². The van der Waals surface area contributed by atoms with Gasteiger partial charge in [0.25, 0.3) is 0 Å². The number of hydrogen-bond acceptors (Lipinski definition) is 3. The molecule has 0 N–H and O–H groups in total. The largest absolute Gasteiger partial charge is 0.381 e. The molecule has 4 heteroatoms. The summed E-state index contributed by atoms with van der Waals surface area (Å²) in [5, 5.41) is 0. The van der Waals surface area contributed by atoms with Crippen LogP contribution in [0.25, 0.3) is 0 Å². The first-order valence-corrected chi connectivity index (χ1v) is 6.59. The predicted molar refractivity (Wildman–Crippen MR) is 70.8 cm³/mol. The van der Waals surface area contributed by atoms with Gasteiger partial charge in [0.2, 0.25) is 0 Å². The minimum Gasteiger partial charge on any atom is -0.381 e. The van der Waals surface area contributed by atoms with Crippen molar-refractivity contribution in [2.45, 2.75) is 31.7 Å². The molecule has 0 radical (unpaired) electrons. The molecular weight excluding hydrogens is 236 g/mol. The summed E-state index contributed by atoms with van der Waals surface area (Å²) in [7, 11) is 2.11. The van der Waals surface area contributed by atoms with Gasteiger partial charge in [0, 0.05) is 37.9 Å². The normalized spacial score (nSPS) is 17.1. The minimum atomic E-state index is 0.528. The van der Waals surface area contributed by atoms with Gasteiger partial charge in [-0.25, -0.2) is 4.98 Å². The SMILES string of the molecule is Cc1nc(N(C)C2CCOCC2)ccc1CCl. The van der Waals surface area contributed by atoms with Gasteiger partial charge in [-0.15, -0.1) is 11.6 Å². The third kappa shape index (κ3) is 2.90. The average Bonchev–Trinajstić information content (AvgIpc) is 2.39. The fraction of sp³-hybridized carbons (Fsp3) is 0.615. The van der Waals surface area contributed by atoms with Gasteiger partial charge in [-0.05, 0) is 31.4 Å². The fourth-order valence-electron chi connectivity index (χ4n) is 2.17. The molecule has 17 heavy (non-hydrogen) atoms. The number of halogens is 1. The van der Waals surface area contributed by atoms with Gasteiger partial charge >= 0.3 is 0 Å². The lowest BCUT2D eigenvalue weighted by atomic mass is 10.1. The zero-order valence-corrected chi connectivity index (χ0v) is 11.2. The minimum absolute atomic E-state index is 0.528. The van der Waals surface area contributed by atoms with E-state index in [1.165, 1.54) is 0 Å². The van der Waals surface area contributed by atoms with Gasteiger partial charge in [0.1, 0.15) is 5.82 Å². The molecule has 3 nitrogen and oxygen atoms in total. The van der Waals surface area contributed by atoms with Crippen LogP contribution in [0.2, 0.25) is 0 Å². The van der Waals surface area contributed by atoms with E-state index >= 15 is 0 Å². The molecule has 1 fully saturated rings.